The van der Waals surface area contributed by atoms with E-state index in [0.717, 1.165) is 22.0 Å². The highest BCUT2D eigenvalue weighted by atomic mass is 35.5. The summed E-state index contributed by atoms with van der Waals surface area (Å²) < 4.78 is 41.9. The number of halogens is 4. The van der Waals surface area contributed by atoms with Crippen LogP contribution in [0, 0.1) is 5.92 Å². The summed E-state index contributed by atoms with van der Waals surface area (Å²) in [5, 5.41) is 17.9. The molecule has 3 atom stereocenters. The molecule has 1 aromatic heterocycles. The number of aliphatic hydroxyl groups excluding tert-OH is 1. The fourth-order valence-electron chi connectivity index (χ4n) is 4.31. The number of esters is 1. The fraction of sp³-hybridized carbons (Fsp3) is 0.429. The van der Waals surface area contributed by atoms with E-state index in [0.29, 0.717) is 30.0 Å². The molecule has 11 heteroatoms. The molecule has 0 aliphatic rings. The van der Waals surface area contributed by atoms with Crippen molar-refractivity contribution in [3.8, 4) is 0 Å². The molecule has 0 saturated carbocycles. The Morgan fingerprint density at radius 2 is 1.87 bits per heavy atom. The van der Waals surface area contributed by atoms with Gasteiger partial charge in [-0.3, -0.25) is 4.79 Å². The third-order valence-corrected chi connectivity index (χ3v) is 6.42. The third-order valence-electron chi connectivity index (χ3n) is 6.19. The van der Waals surface area contributed by atoms with Crippen molar-refractivity contribution in [2.75, 3.05) is 13.2 Å². The molecule has 3 rings (SSSR count). The molecule has 0 bridgehead atoms. The number of fused-ring (bicyclic) bond motifs is 1. The van der Waals surface area contributed by atoms with Crippen molar-refractivity contribution >= 4 is 34.4 Å². The summed E-state index contributed by atoms with van der Waals surface area (Å²) >= 11 is 6.00. The molecule has 0 spiro atoms. The Kier molecular flexibility index (Phi) is 10.4. The minimum atomic E-state index is -5.09. The van der Waals surface area contributed by atoms with E-state index in [1.54, 1.807) is 30.3 Å². The Hall–Kier alpha value is -3.08. The van der Waals surface area contributed by atoms with Gasteiger partial charge in [-0.15, -0.1) is 0 Å². The summed E-state index contributed by atoms with van der Waals surface area (Å²) in [5.41, 5.74) is 2.80. The molecule has 212 valence electrons. The number of rotatable bonds is 12. The van der Waals surface area contributed by atoms with Gasteiger partial charge in [0.05, 0.1) is 12.1 Å². The van der Waals surface area contributed by atoms with E-state index in [9.17, 15) is 27.9 Å². The highest BCUT2D eigenvalue weighted by Gasteiger charge is 2.41. The van der Waals surface area contributed by atoms with Crippen LogP contribution < -0.4 is 10.6 Å². The van der Waals surface area contributed by atoms with Crippen LogP contribution in [0.15, 0.2) is 48.7 Å². The van der Waals surface area contributed by atoms with E-state index in [4.69, 9.17) is 11.6 Å². The predicted molar refractivity (Wildman–Crippen MR) is 144 cm³/mol. The maximum Gasteiger partial charge on any atom is 0.490 e. The largest absolute Gasteiger partial charge is 0.490 e. The van der Waals surface area contributed by atoms with Gasteiger partial charge in [-0.25, -0.2) is 4.79 Å². The number of nitrogens with one attached hydrogen (secondary N) is 3. The fourth-order valence-corrected chi connectivity index (χ4v) is 4.51. The number of aromatic nitrogens is 1. The zero-order valence-corrected chi connectivity index (χ0v) is 22.7. The van der Waals surface area contributed by atoms with Gasteiger partial charge in [0.2, 0.25) is 0 Å². The molecule has 0 unspecified atom stereocenters. The number of benzene rings is 2. The van der Waals surface area contributed by atoms with Crippen molar-refractivity contribution in [1.82, 2.24) is 15.6 Å². The number of aromatic amines is 1. The SMILES string of the molecule is CC(C)C[C@@H](COC(=O)C(F)(F)F)NC(=O)c1ccc2c(C[C@@H](C)NC[C@H](O)c3cccc(Cl)c3)c[nH]c2c1. The van der Waals surface area contributed by atoms with Gasteiger partial charge in [0.1, 0.15) is 6.61 Å². The second kappa shape index (κ2) is 13.3. The van der Waals surface area contributed by atoms with E-state index in [1.807, 2.05) is 39.1 Å². The standard InChI is InChI=1S/C28H33ClF3N3O4/c1-16(2)9-22(15-39-27(38)28(30,31)32)35-26(37)19-7-8-23-20(13-34-24(23)12-19)10-17(3)33-14-25(36)18-5-4-6-21(29)11-18/h4-8,11-13,16-17,22,25,33-34,36H,9-10,14-15H2,1-3H3,(H,35,37)/t17-,22+,25+/m1/s1. The Morgan fingerprint density at radius 1 is 1.13 bits per heavy atom. The van der Waals surface area contributed by atoms with Gasteiger partial charge in [-0.2, -0.15) is 13.2 Å². The first-order valence-electron chi connectivity index (χ1n) is 12.6. The van der Waals surface area contributed by atoms with Gasteiger partial charge in [-0.05, 0) is 61.1 Å². The zero-order chi connectivity index (χ0) is 28.7. The maximum absolute atomic E-state index is 12.9. The number of aliphatic hydroxyl groups is 1. The molecule has 4 N–H and O–H groups in total. The average Bonchev–Trinajstić information content (AvgIpc) is 3.26. The Morgan fingerprint density at radius 3 is 2.54 bits per heavy atom. The maximum atomic E-state index is 12.9. The molecule has 1 amide bonds. The lowest BCUT2D eigenvalue weighted by atomic mass is 10.0. The number of hydrogen-bond donors (Lipinski definition) is 4. The quantitative estimate of drug-likeness (QED) is 0.222. The van der Waals surface area contributed by atoms with E-state index in [2.05, 4.69) is 20.4 Å². The molecule has 0 aliphatic carbocycles. The summed E-state index contributed by atoms with van der Waals surface area (Å²) in [6.07, 6.45) is -2.94. The average molecular weight is 568 g/mol. The second-order valence-electron chi connectivity index (χ2n) is 10.1. The molecular formula is C28H33ClF3N3O4. The van der Waals surface area contributed by atoms with Gasteiger partial charge in [0.15, 0.2) is 0 Å². The lowest BCUT2D eigenvalue weighted by Gasteiger charge is -2.21. The summed E-state index contributed by atoms with van der Waals surface area (Å²) in [4.78, 5) is 27.1. The van der Waals surface area contributed by atoms with Crippen LogP contribution in [0.25, 0.3) is 10.9 Å². The number of amides is 1. The monoisotopic (exact) mass is 567 g/mol. The van der Waals surface area contributed by atoms with Crippen LogP contribution in [0.1, 0.15) is 54.8 Å². The Labute approximate surface area is 230 Å². The smallest absolute Gasteiger partial charge is 0.457 e. The highest BCUT2D eigenvalue weighted by molar-refractivity contribution is 6.30. The molecule has 3 aromatic rings. The van der Waals surface area contributed by atoms with Gasteiger partial charge in [0, 0.05) is 40.3 Å². The summed E-state index contributed by atoms with van der Waals surface area (Å²) in [7, 11) is 0. The summed E-state index contributed by atoms with van der Waals surface area (Å²) in [6, 6.07) is 11.5. The minimum absolute atomic E-state index is 0.0389. The van der Waals surface area contributed by atoms with E-state index in [1.165, 1.54) is 0 Å². The number of H-pyrrole nitrogens is 1. The van der Waals surface area contributed by atoms with Gasteiger partial charge in [0.25, 0.3) is 5.91 Å². The van der Waals surface area contributed by atoms with Crippen LogP contribution in [0.5, 0.6) is 0 Å². The summed E-state index contributed by atoms with van der Waals surface area (Å²) in [6.45, 7) is 5.49. The van der Waals surface area contributed by atoms with Crippen molar-refractivity contribution in [2.24, 2.45) is 5.92 Å². The molecule has 0 fully saturated rings. The first-order valence-corrected chi connectivity index (χ1v) is 13.0. The van der Waals surface area contributed by atoms with Crippen molar-refractivity contribution in [2.45, 2.75) is 58.0 Å². The lowest BCUT2D eigenvalue weighted by Crippen LogP contribution is -2.41. The first-order chi connectivity index (χ1) is 18.3. The Bertz CT molecular complexity index is 1280. The molecule has 0 radical (unpaired) electrons. The van der Waals surface area contributed by atoms with Gasteiger partial charge in [-0.1, -0.05) is 43.6 Å². The van der Waals surface area contributed by atoms with E-state index < -0.39 is 36.8 Å². The van der Waals surface area contributed by atoms with Crippen molar-refractivity contribution < 1.29 is 32.6 Å². The second-order valence-corrected chi connectivity index (χ2v) is 10.5. The van der Waals surface area contributed by atoms with Crippen molar-refractivity contribution in [3.05, 3.63) is 70.4 Å². The zero-order valence-electron chi connectivity index (χ0n) is 21.9. The predicted octanol–water partition coefficient (Wildman–Crippen LogP) is 5.33. The topological polar surface area (TPSA) is 103 Å². The van der Waals surface area contributed by atoms with E-state index in [-0.39, 0.29) is 12.0 Å². The van der Waals surface area contributed by atoms with Crippen molar-refractivity contribution in [1.29, 1.82) is 0 Å². The number of carbonyl (C=O) groups excluding carboxylic acids is 2. The van der Waals surface area contributed by atoms with Crippen LogP contribution in [0.2, 0.25) is 5.02 Å². The minimum Gasteiger partial charge on any atom is -0.457 e. The van der Waals surface area contributed by atoms with Crippen LogP contribution in [0.4, 0.5) is 13.2 Å². The normalized spacial score (nSPS) is 14.3. The molecule has 0 saturated heterocycles. The van der Waals surface area contributed by atoms with Crippen LogP contribution in [-0.4, -0.2) is 53.4 Å². The lowest BCUT2D eigenvalue weighted by molar-refractivity contribution is -0.200. The number of carbonyl (C=O) groups is 2. The molecular weight excluding hydrogens is 535 g/mol. The first kappa shape index (κ1) is 30.5. The number of alkyl halides is 3. The van der Waals surface area contributed by atoms with Crippen LogP contribution in [0.3, 0.4) is 0 Å². The summed E-state index contributed by atoms with van der Waals surface area (Å²) in [5.74, 6) is -2.71. The van der Waals surface area contributed by atoms with Gasteiger partial charge >= 0.3 is 12.1 Å². The molecule has 1 heterocycles. The van der Waals surface area contributed by atoms with Crippen LogP contribution in [-0.2, 0) is 16.0 Å². The molecule has 7 nitrogen and oxygen atoms in total. The highest BCUT2D eigenvalue weighted by Crippen LogP contribution is 2.23. The Balaban J connectivity index is 1.60. The van der Waals surface area contributed by atoms with E-state index >= 15 is 0 Å². The van der Waals surface area contributed by atoms with Gasteiger partial charge < -0.3 is 25.5 Å². The number of ether oxygens (including phenoxy) is 1. The third kappa shape index (κ3) is 8.98. The molecule has 39 heavy (non-hydrogen) atoms. The molecule has 2 aromatic carbocycles. The molecule has 0 aliphatic heterocycles. The van der Waals surface area contributed by atoms with Crippen molar-refractivity contribution in [3.63, 3.8) is 0 Å². The number of hydrogen-bond acceptors (Lipinski definition) is 5. The van der Waals surface area contributed by atoms with Crippen LogP contribution >= 0.6 is 11.6 Å².